The van der Waals surface area contributed by atoms with Gasteiger partial charge < -0.3 is 20.8 Å². The lowest BCUT2D eigenvalue weighted by atomic mass is 9.44. The summed E-state index contributed by atoms with van der Waals surface area (Å²) in [4.78, 5) is 23.4. The number of hydrogen-bond donors (Lipinski definition) is 4. The number of carbonyl (C=O) groups is 2. The lowest BCUT2D eigenvalue weighted by Crippen LogP contribution is -2.58. The molecule has 6 nitrogen and oxygen atoms in total. The van der Waals surface area contributed by atoms with Gasteiger partial charge in [0.1, 0.15) is 0 Å². The first-order chi connectivity index (χ1) is 17.1. The Kier molecular flexibility index (Phi) is 8.76. The molecule has 0 aromatic rings. The van der Waals surface area contributed by atoms with Gasteiger partial charge in [-0.2, -0.15) is 0 Å². The van der Waals surface area contributed by atoms with Crippen LogP contribution in [0.15, 0.2) is 0 Å². The van der Waals surface area contributed by atoms with Crippen molar-refractivity contribution in [2.24, 2.45) is 46.3 Å². The van der Waals surface area contributed by atoms with Crippen molar-refractivity contribution in [2.45, 2.75) is 117 Å². The fourth-order valence-corrected chi connectivity index (χ4v) is 9.64. The fraction of sp³-hybridized carbons (Fsp3) is 0.933. The van der Waals surface area contributed by atoms with E-state index >= 15 is 0 Å². The predicted molar refractivity (Wildman–Crippen MR) is 142 cm³/mol. The number of hydrogen-bond acceptors (Lipinski definition) is 4. The number of aliphatic hydroxyl groups excluding tert-OH is 2. The SMILES string of the molecule is CC(=O)NCCCCNC(=O)CC[C@@H](C)[C@H]1CC[C@H]2[C@@H]3C[C@H](O)[C@@H]4C[C@H](O)CC[C@]4(C)[C@H]3CC[C@]12C. The maximum absolute atomic E-state index is 12.5. The molecule has 0 heterocycles. The zero-order valence-corrected chi connectivity index (χ0v) is 23.2. The molecule has 0 spiro atoms. The molecule has 0 aromatic heterocycles. The average molecular weight is 505 g/mol. The molecule has 0 aliphatic heterocycles. The topological polar surface area (TPSA) is 98.7 Å². The number of nitrogens with one attached hydrogen (secondary N) is 2. The van der Waals surface area contributed by atoms with Gasteiger partial charge in [-0.15, -0.1) is 0 Å². The van der Waals surface area contributed by atoms with Crippen LogP contribution in [0.2, 0.25) is 0 Å². The summed E-state index contributed by atoms with van der Waals surface area (Å²) in [5.41, 5.74) is 0.491. The smallest absolute Gasteiger partial charge is 0.220 e. The molecule has 10 atom stereocenters. The van der Waals surface area contributed by atoms with Crippen molar-refractivity contribution in [2.75, 3.05) is 13.1 Å². The molecule has 0 bridgehead atoms. The van der Waals surface area contributed by atoms with Crippen LogP contribution in [-0.2, 0) is 9.59 Å². The number of unbranched alkanes of at least 4 members (excludes halogenated alkanes) is 1. The van der Waals surface area contributed by atoms with E-state index in [2.05, 4.69) is 31.4 Å². The second-order valence-corrected chi connectivity index (χ2v) is 13.5. The van der Waals surface area contributed by atoms with Crippen molar-refractivity contribution in [1.82, 2.24) is 10.6 Å². The summed E-state index contributed by atoms with van der Waals surface area (Å²) < 4.78 is 0. The number of aliphatic hydroxyl groups is 2. The molecule has 4 saturated carbocycles. The van der Waals surface area contributed by atoms with Crippen LogP contribution in [0.3, 0.4) is 0 Å². The maximum atomic E-state index is 12.5. The van der Waals surface area contributed by atoms with E-state index in [0.717, 1.165) is 44.9 Å². The standard InChI is InChI=1S/C30H52N2O4/c1-19(7-10-28(36)32-16-6-5-15-31-20(2)33)23-8-9-24-22-18-27(35)26-17-21(34)11-13-30(26,4)25(22)12-14-29(23,24)3/h19,21-27,34-35H,5-18H2,1-4H3,(H,31,33)(H,32,36)/t19-,21-,22+,23-,24+,25+,26+,27+,29-,30-/m1/s1. The molecule has 4 aliphatic rings. The normalized spacial score (nSPS) is 42.6. The van der Waals surface area contributed by atoms with Gasteiger partial charge in [0.05, 0.1) is 12.2 Å². The Morgan fingerprint density at radius 2 is 1.56 bits per heavy atom. The quantitative estimate of drug-likeness (QED) is 0.349. The summed E-state index contributed by atoms with van der Waals surface area (Å²) in [6, 6.07) is 0. The third kappa shape index (κ3) is 5.50. The van der Waals surface area contributed by atoms with Crippen LogP contribution in [0.25, 0.3) is 0 Å². The lowest BCUT2D eigenvalue weighted by Gasteiger charge is -2.62. The number of fused-ring (bicyclic) bond motifs is 5. The van der Waals surface area contributed by atoms with Gasteiger partial charge in [-0.1, -0.05) is 20.8 Å². The summed E-state index contributed by atoms with van der Waals surface area (Å²) in [5, 5.41) is 27.4. The van der Waals surface area contributed by atoms with E-state index in [1.54, 1.807) is 0 Å². The highest BCUT2D eigenvalue weighted by Gasteiger charge is 2.62. The summed E-state index contributed by atoms with van der Waals surface area (Å²) in [5.74, 6) is 3.56. The summed E-state index contributed by atoms with van der Waals surface area (Å²) in [6.45, 7) is 10.2. The van der Waals surface area contributed by atoms with Crippen LogP contribution in [0.5, 0.6) is 0 Å². The van der Waals surface area contributed by atoms with E-state index in [-0.39, 0.29) is 35.4 Å². The van der Waals surface area contributed by atoms with Gasteiger partial charge in [0.2, 0.25) is 11.8 Å². The minimum atomic E-state index is -0.271. The lowest BCUT2D eigenvalue weighted by molar-refractivity contribution is -0.172. The third-order valence-electron chi connectivity index (χ3n) is 11.5. The van der Waals surface area contributed by atoms with Gasteiger partial charge in [0.15, 0.2) is 0 Å². The summed E-state index contributed by atoms with van der Waals surface area (Å²) in [7, 11) is 0. The predicted octanol–water partition coefficient (Wildman–Crippen LogP) is 4.43. The average Bonchev–Trinajstić information content (AvgIpc) is 3.18. The third-order valence-corrected chi connectivity index (χ3v) is 11.5. The Bertz CT molecular complexity index is 789. The minimum Gasteiger partial charge on any atom is -0.393 e. The van der Waals surface area contributed by atoms with Crippen LogP contribution in [-0.4, -0.2) is 47.3 Å². The Hall–Kier alpha value is -1.14. The maximum Gasteiger partial charge on any atom is 0.220 e. The number of rotatable bonds is 9. The first kappa shape index (κ1) is 27.9. The van der Waals surface area contributed by atoms with Crippen molar-refractivity contribution in [3.63, 3.8) is 0 Å². The van der Waals surface area contributed by atoms with Crippen LogP contribution in [0, 0.1) is 46.3 Å². The Morgan fingerprint density at radius 1 is 0.889 bits per heavy atom. The van der Waals surface area contributed by atoms with E-state index in [4.69, 9.17) is 0 Å². The second kappa shape index (κ2) is 11.3. The molecule has 4 N–H and O–H groups in total. The van der Waals surface area contributed by atoms with E-state index in [0.29, 0.717) is 54.5 Å². The fourth-order valence-electron chi connectivity index (χ4n) is 9.64. The van der Waals surface area contributed by atoms with Crippen molar-refractivity contribution in [3.8, 4) is 0 Å². The van der Waals surface area contributed by atoms with Gasteiger partial charge in [0, 0.05) is 26.4 Å². The van der Waals surface area contributed by atoms with Crippen LogP contribution < -0.4 is 10.6 Å². The van der Waals surface area contributed by atoms with Crippen LogP contribution in [0.1, 0.15) is 105 Å². The highest BCUT2D eigenvalue weighted by Crippen LogP contribution is 2.68. The van der Waals surface area contributed by atoms with Crippen molar-refractivity contribution in [3.05, 3.63) is 0 Å². The Morgan fingerprint density at radius 3 is 2.28 bits per heavy atom. The molecule has 0 radical (unpaired) electrons. The second-order valence-electron chi connectivity index (χ2n) is 13.5. The first-order valence-electron chi connectivity index (χ1n) is 14.9. The minimum absolute atomic E-state index is 0.00348. The van der Waals surface area contributed by atoms with Crippen LogP contribution in [0.4, 0.5) is 0 Å². The number of amides is 2. The zero-order valence-electron chi connectivity index (χ0n) is 23.2. The van der Waals surface area contributed by atoms with Gasteiger partial charge in [-0.05, 0) is 117 Å². The Balaban J connectivity index is 1.29. The molecule has 0 unspecified atom stereocenters. The molecule has 6 heteroatoms. The molecular weight excluding hydrogens is 452 g/mol. The summed E-state index contributed by atoms with van der Waals surface area (Å²) >= 11 is 0. The molecule has 36 heavy (non-hydrogen) atoms. The highest BCUT2D eigenvalue weighted by atomic mass is 16.3. The molecule has 4 rings (SSSR count). The molecule has 206 valence electrons. The van der Waals surface area contributed by atoms with Gasteiger partial charge >= 0.3 is 0 Å². The van der Waals surface area contributed by atoms with Gasteiger partial charge in [0.25, 0.3) is 0 Å². The van der Waals surface area contributed by atoms with E-state index in [1.165, 1.54) is 32.6 Å². The van der Waals surface area contributed by atoms with Gasteiger partial charge in [-0.25, -0.2) is 0 Å². The van der Waals surface area contributed by atoms with Crippen molar-refractivity contribution in [1.29, 1.82) is 0 Å². The monoisotopic (exact) mass is 504 g/mol. The number of carbonyl (C=O) groups excluding carboxylic acids is 2. The van der Waals surface area contributed by atoms with E-state index in [1.807, 2.05) is 0 Å². The summed E-state index contributed by atoms with van der Waals surface area (Å²) in [6.07, 6.45) is 11.5. The van der Waals surface area contributed by atoms with E-state index in [9.17, 15) is 19.8 Å². The first-order valence-corrected chi connectivity index (χ1v) is 14.9. The van der Waals surface area contributed by atoms with Gasteiger partial charge in [-0.3, -0.25) is 9.59 Å². The molecular formula is C30H52N2O4. The molecule has 4 aliphatic carbocycles. The van der Waals surface area contributed by atoms with E-state index < -0.39 is 0 Å². The zero-order chi connectivity index (χ0) is 26.1. The molecule has 4 fully saturated rings. The largest absolute Gasteiger partial charge is 0.393 e. The molecule has 2 amide bonds. The van der Waals surface area contributed by atoms with Crippen LogP contribution >= 0.6 is 0 Å². The molecule has 0 saturated heterocycles. The Labute approximate surface area is 218 Å². The van der Waals surface area contributed by atoms with Crippen molar-refractivity contribution >= 4 is 11.8 Å². The highest BCUT2D eigenvalue weighted by molar-refractivity contribution is 5.75. The van der Waals surface area contributed by atoms with Crippen molar-refractivity contribution < 1.29 is 19.8 Å². The molecule has 0 aromatic carbocycles.